The molecule has 2 saturated heterocycles. The number of hydrogen-bond acceptors (Lipinski definition) is 11. The molecule has 0 radical (unpaired) electrons. The molecule has 6 rings (SSSR count). The van der Waals surface area contributed by atoms with E-state index < -0.39 is 35.6 Å². The van der Waals surface area contributed by atoms with Gasteiger partial charge >= 0.3 is 11.9 Å². The van der Waals surface area contributed by atoms with Gasteiger partial charge in [0.1, 0.15) is 5.76 Å². The molecule has 228 valence electrons. The van der Waals surface area contributed by atoms with E-state index in [0.29, 0.717) is 18.1 Å². The molecule has 2 N–H and O–H groups in total. The van der Waals surface area contributed by atoms with Gasteiger partial charge in [0.15, 0.2) is 23.2 Å². The van der Waals surface area contributed by atoms with Crippen molar-refractivity contribution in [2.75, 3.05) is 66.8 Å². The summed E-state index contributed by atoms with van der Waals surface area (Å²) in [7, 11) is 2.82. The minimum absolute atomic E-state index is 0.0804. The zero-order chi connectivity index (χ0) is 29.3. The van der Waals surface area contributed by atoms with Gasteiger partial charge in [-0.1, -0.05) is 12.2 Å². The van der Waals surface area contributed by atoms with Crippen molar-refractivity contribution in [3.8, 4) is 11.5 Å². The summed E-state index contributed by atoms with van der Waals surface area (Å²) >= 11 is 0. The standard InChI is InChI=1S/C31H41N3O8/c1-38-25-18-30-7-5-12-34(30)13-6-21-16-23-24(41-20-40-23)17-22(21)27(30)28(25)42-29(36)31(37,19-26(35)39-2)8-3-4-11-33-14-9-32-10-15-33/h3-4,16-18,27-28,32,37H,5-15,19-20H2,1-2H3/b4-3+/t27-,28-,30+,31-/m1/s1. The number of hydrogen-bond donors (Lipinski definition) is 2. The van der Waals surface area contributed by atoms with Crippen molar-refractivity contribution in [2.24, 2.45) is 0 Å². The molecule has 1 aliphatic carbocycles. The Morgan fingerprint density at radius 1 is 1.14 bits per heavy atom. The number of nitrogens with one attached hydrogen (secondary N) is 1. The minimum Gasteiger partial charge on any atom is -0.497 e. The van der Waals surface area contributed by atoms with Crippen LogP contribution in [0.3, 0.4) is 0 Å². The Kier molecular flexibility index (Phi) is 8.19. The molecular weight excluding hydrogens is 542 g/mol. The van der Waals surface area contributed by atoms with E-state index in [-0.39, 0.29) is 19.1 Å². The number of nitrogens with zero attached hydrogens (tertiary/aromatic N) is 2. The van der Waals surface area contributed by atoms with E-state index in [1.54, 1.807) is 13.2 Å². The fourth-order valence-electron chi connectivity index (χ4n) is 7.25. The van der Waals surface area contributed by atoms with Crippen LogP contribution in [0.4, 0.5) is 0 Å². The van der Waals surface area contributed by atoms with Crippen molar-refractivity contribution >= 4 is 11.9 Å². The highest BCUT2D eigenvalue weighted by atomic mass is 16.7. The van der Waals surface area contributed by atoms with Crippen LogP contribution < -0.4 is 14.8 Å². The summed E-state index contributed by atoms with van der Waals surface area (Å²) in [5, 5.41) is 15.0. The van der Waals surface area contributed by atoms with Gasteiger partial charge in [0.2, 0.25) is 6.79 Å². The number of rotatable bonds is 9. The summed E-state index contributed by atoms with van der Waals surface area (Å²) < 4.78 is 28.3. The first-order valence-electron chi connectivity index (χ1n) is 14.9. The summed E-state index contributed by atoms with van der Waals surface area (Å²) in [5.41, 5.74) is -0.360. The number of fused-ring (bicyclic) bond motifs is 3. The molecule has 11 nitrogen and oxygen atoms in total. The fourth-order valence-corrected chi connectivity index (χ4v) is 7.25. The van der Waals surface area contributed by atoms with Crippen LogP contribution in [0.5, 0.6) is 11.5 Å². The molecule has 2 fully saturated rings. The van der Waals surface area contributed by atoms with Crippen molar-refractivity contribution in [1.29, 1.82) is 0 Å². The van der Waals surface area contributed by atoms with Gasteiger partial charge in [-0.3, -0.25) is 14.6 Å². The Balaban J connectivity index is 1.29. The molecule has 1 aromatic carbocycles. The zero-order valence-corrected chi connectivity index (χ0v) is 24.4. The molecule has 0 unspecified atom stereocenters. The lowest BCUT2D eigenvalue weighted by Gasteiger charge is -2.39. The third-order valence-corrected chi connectivity index (χ3v) is 9.44. The van der Waals surface area contributed by atoms with E-state index in [1.165, 1.54) is 7.11 Å². The number of methoxy groups -OCH3 is 2. The molecule has 11 heteroatoms. The maximum Gasteiger partial charge on any atom is 0.339 e. The quantitative estimate of drug-likeness (QED) is 0.325. The Morgan fingerprint density at radius 2 is 1.93 bits per heavy atom. The topological polar surface area (TPSA) is 119 Å². The largest absolute Gasteiger partial charge is 0.497 e. The number of carbonyl (C=O) groups excluding carboxylic acids is 2. The van der Waals surface area contributed by atoms with E-state index >= 15 is 0 Å². The molecular formula is C31H41N3O8. The third-order valence-electron chi connectivity index (χ3n) is 9.44. The van der Waals surface area contributed by atoms with Gasteiger partial charge in [-0.2, -0.15) is 0 Å². The summed E-state index contributed by atoms with van der Waals surface area (Å²) in [6, 6.07) is 4.05. The third kappa shape index (κ3) is 5.27. The Morgan fingerprint density at radius 3 is 2.69 bits per heavy atom. The molecule has 0 bridgehead atoms. The van der Waals surface area contributed by atoms with Gasteiger partial charge in [0.05, 0.1) is 32.1 Å². The molecule has 0 saturated carbocycles. The second-order valence-electron chi connectivity index (χ2n) is 11.8. The lowest BCUT2D eigenvalue weighted by atomic mass is 9.77. The maximum absolute atomic E-state index is 13.9. The molecule has 1 spiro atoms. The monoisotopic (exact) mass is 583 g/mol. The van der Waals surface area contributed by atoms with E-state index in [1.807, 2.05) is 18.2 Å². The molecule has 5 aliphatic rings. The SMILES string of the molecule is COC(=O)C[C@](O)(C/C=C/CN1CCNCC1)C(=O)O[C@@H]1C(OC)=C[C@]23CCCN2CCc2cc4c(cc2[C@H]13)OCO4. The van der Waals surface area contributed by atoms with Crippen LogP contribution in [-0.2, 0) is 30.2 Å². The summed E-state index contributed by atoms with van der Waals surface area (Å²) in [5.74, 6) is 0.0853. The van der Waals surface area contributed by atoms with Gasteiger partial charge in [0, 0.05) is 45.7 Å². The van der Waals surface area contributed by atoms with E-state index in [9.17, 15) is 14.7 Å². The van der Waals surface area contributed by atoms with E-state index in [0.717, 1.165) is 75.4 Å². The maximum atomic E-state index is 13.9. The molecule has 4 atom stereocenters. The van der Waals surface area contributed by atoms with Crippen molar-refractivity contribution in [3.05, 3.63) is 47.2 Å². The highest BCUT2D eigenvalue weighted by Crippen LogP contribution is 2.55. The van der Waals surface area contributed by atoms with E-state index in [4.69, 9.17) is 23.7 Å². The summed E-state index contributed by atoms with van der Waals surface area (Å²) in [6.45, 7) is 6.34. The number of piperazine rings is 1. The smallest absolute Gasteiger partial charge is 0.339 e. The number of ether oxygens (including phenoxy) is 5. The second kappa shape index (κ2) is 11.9. The van der Waals surface area contributed by atoms with Gasteiger partial charge in [0.25, 0.3) is 0 Å². The van der Waals surface area contributed by atoms with Crippen molar-refractivity contribution in [2.45, 2.75) is 55.3 Å². The van der Waals surface area contributed by atoms with Crippen LogP contribution in [-0.4, -0.2) is 111 Å². The van der Waals surface area contributed by atoms with Crippen LogP contribution in [0, 0.1) is 0 Å². The van der Waals surface area contributed by atoms with Crippen LogP contribution in [0.15, 0.2) is 36.1 Å². The minimum atomic E-state index is -2.10. The average molecular weight is 584 g/mol. The number of benzene rings is 1. The number of carbonyl (C=O) groups is 2. The fraction of sp³-hybridized carbons (Fsp3) is 0.613. The summed E-state index contributed by atoms with van der Waals surface area (Å²) in [6.07, 6.45) is 7.10. The van der Waals surface area contributed by atoms with Gasteiger partial charge in [-0.05, 0) is 55.1 Å². The van der Waals surface area contributed by atoms with Crippen LogP contribution in [0.25, 0.3) is 0 Å². The highest BCUT2D eigenvalue weighted by Gasteiger charge is 2.59. The van der Waals surface area contributed by atoms with Gasteiger partial charge < -0.3 is 34.1 Å². The van der Waals surface area contributed by atoms with Crippen LogP contribution >= 0.6 is 0 Å². The first-order valence-corrected chi connectivity index (χ1v) is 14.9. The zero-order valence-electron chi connectivity index (χ0n) is 24.4. The van der Waals surface area contributed by atoms with Crippen molar-refractivity contribution in [3.63, 3.8) is 0 Å². The normalized spacial score (nSPS) is 28.3. The summed E-state index contributed by atoms with van der Waals surface area (Å²) in [4.78, 5) is 31.0. The number of aliphatic hydroxyl groups is 1. The Hall–Kier alpha value is -3.12. The predicted octanol–water partition coefficient (Wildman–Crippen LogP) is 1.49. The van der Waals surface area contributed by atoms with E-state index in [2.05, 4.69) is 21.2 Å². The molecule has 42 heavy (non-hydrogen) atoms. The first kappa shape index (κ1) is 29.0. The highest BCUT2D eigenvalue weighted by molar-refractivity contribution is 5.86. The molecule has 4 heterocycles. The van der Waals surface area contributed by atoms with Crippen molar-refractivity contribution in [1.82, 2.24) is 15.1 Å². The molecule has 0 amide bonds. The van der Waals surface area contributed by atoms with Gasteiger partial charge in [-0.25, -0.2) is 4.79 Å². The molecule has 0 aromatic heterocycles. The predicted molar refractivity (Wildman–Crippen MR) is 152 cm³/mol. The lowest BCUT2D eigenvalue weighted by molar-refractivity contribution is -0.177. The van der Waals surface area contributed by atoms with Crippen LogP contribution in [0.2, 0.25) is 0 Å². The molecule has 1 aromatic rings. The Labute approximate surface area is 246 Å². The number of esters is 2. The lowest BCUT2D eigenvalue weighted by Crippen LogP contribution is -2.49. The second-order valence-corrected chi connectivity index (χ2v) is 11.8. The molecule has 4 aliphatic heterocycles. The average Bonchev–Trinajstić information content (AvgIpc) is 3.69. The first-order chi connectivity index (χ1) is 20.4. The Bertz CT molecular complexity index is 1260. The van der Waals surface area contributed by atoms with Crippen LogP contribution in [0.1, 0.15) is 42.7 Å². The van der Waals surface area contributed by atoms with Gasteiger partial charge in [-0.15, -0.1) is 0 Å². The van der Waals surface area contributed by atoms with Crippen molar-refractivity contribution < 1.29 is 38.4 Å².